The number of carbonyl (C=O) groups excluding carboxylic acids is 1. The van der Waals surface area contributed by atoms with Gasteiger partial charge >= 0.3 is 0 Å². The summed E-state index contributed by atoms with van der Waals surface area (Å²) in [4.78, 5) is 14.3. The fourth-order valence-corrected chi connectivity index (χ4v) is 2.76. The highest BCUT2D eigenvalue weighted by molar-refractivity contribution is 5.90. The Balaban J connectivity index is 0.00000288. The number of nitrogens with zero attached hydrogens (tertiary/aromatic N) is 1. The van der Waals surface area contributed by atoms with Gasteiger partial charge in [-0.25, -0.2) is 0 Å². The molecule has 1 fully saturated rings. The molecule has 7 heteroatoms. The molecular formula is C18H31Cl2N3O2. The first-order valence-corrected chi connectivity index (χ1v) is 8.56. The van der Waals surface area contributed by atoms with Gasteiger partial charge in [-0.2, -0.15) is 0 Å². The third kappa shape index (κ3) is 8.77. The standard InChI is InChI=1S/C18H29N3O2.2ClH/c1-14-13-16(20-18(22)8-5-15(2)19)6-7-17(14)23-12-11-21-9-3-4-10-21;;/h6-7,13,15H,3-5,8-12,19H2,1-2H3,(H,20,22);2*1H. The zero-order valence-electron chi connectivity index (χ0n) is 15.1. The van der Waals surface area contributed by atoms with Crippen molar-refractivity contribution in [3.63, 3.8) is 0 Å². The van der Waals surface area contributed by atoms with E-state index in [1.807, 2.05) is 32.0 Å². The van der Waals surface area contributed by atoms with Crippen LogP contribution in [-0.2, 0) is 4.79 Å². The lowest BCUT2D eigenvalue weighted by Gasteiger charge is -2.16. The summed E-state index contributed by atoms with van der Waals surface area (Å²) < 4.78 is 5.87. The average molecular weight is 392 g/mol. The van der Waals surface area contributed by atoms with Gasteiger partial charge in [0, 0.05) is 24.7 Å². The van der Waals surface area contributed by atoms with Crippen molar-refractivity contribution in [2.24, 2.45) is 5.73 Å². The summed E-state index contributed by atoms with van der Waals surface area (Å²) in [6.07, 6.45) is 3.75. The van der Waals surface area contributed by atoms with E-state index < -0.39 is 0 Å². The highest BCUT2D eigenvalue weighted by Crippen LogP contribution is 2.22. The highest BCUT2D eigenvalue weighted by Gasteiger charge is 2.11. The Morgan fingerprint density at radius 1 is 1.32 bits per heavy atom. The smallest absolute Gasteiger partial charge is 0.224 e. The molecule has 1 heterocycles. The molecule has 1 saturated heterocycles. The van der Waals surface area contributed by atoms with Crippen LogP contribution in [0.15, 0.2) is 18.2 Å². The lowest BCUT2D eigenvalue weighted by molar-refractivity contribution is -0.116. The molecule has 1 unspecified atom stereocenters. The molecule has 1 aliphatic rings. The summed E-state index contributed by atoms with van der Waals surface area (Å²) in [5.41, 5.74) is 7.52. The van der Waals surface area contributed by atoms with E-state index in [1.165, 1.54) is 25.9 Å². The normalized spacial score (nSPS) is 15.0. The zero-order chi connectivity index (χ0) is 16.7. The molecule has 0 saturated carbocycles. The van der Waals surface area contributed by atoms with Crippen LogP contribution in [0.5, 0.6) is 5.75 Å². The number of hydrogen-bond donors (Lipinski definition) is 2. The topological polar surface area (TPSA) is 67.6 Å². The first kappa shape index (κ1) is 24.0. The number of anilines is 1. The van der Waals surface area contributed by atoms with Crippen LogP contribution in [0.25, 0.3) is 0 Å². The van der Waals surface area contributed by atoms with E-state index in [2.05, 4.69) is 10.2 Å². The monoisotopic (exact) mass is 391 g/mol. The Morgan fingerprint density at radius 2 is 2.00 bits per heavy atom. The molecule has 0 radical (unpaired) electrons. The Kier molecular flexibility index (Phi) is 11.9. The van der Waals surface area contributed by atoms with Gasteiger partial charge in [-0.15, -0.1) is 24.8 Å². The van der Waals surface area contributed by atoms with Crippen LogP contribution in [0, 0.1) is 6.92 Å². The van der Waals surface area contributed by atoms with Crippen LogP contribution in [0.4, 0.5) is 5.69 Å². The van der Waals surface area contributed by atoms with Crippen LogP contribution < -0.4 is 15.8 Å². The molecule has 1 aliphatic heterocycles. The fourth-order valence-electron chi connectivity index (χ4n) is 2.76. The summed E-state index contributed by atoms with van der Waals surface area (Å²) in [6.45, 7) is 7.98. The zero-order valence-corrected chi connectivity index (χ0v) is 16.8. The second kappa shape index (κ2) is 12.4. The van der Waals surface area contributed by atoms with Gasteiger partial charge in [-0.05, 0) is 70.0 Å². The minimum absolute atomic E-state index is 0. The lowest BCUT2D eigenvalue weighted by atomic mass is 10.1. The van der Waals surface area contributed by atoms with E-state index in [9.17, 15) is 4.79 Å². The van der Waals surface area contributed by atoms with Gasteiger partial charge < -0.3 is 15.8 Å². The molecule has 0 aromatic heterocycles. The predicted molar refractivity (Wildman–Crippen MR) is 108 cm³/mol. The minimum Gasteiger partial charge on any atom is -0.492 e. The summed E-state index contributed by atoms with van der Waals surface area (Å²) in [7, 11) is 0. The number of likely N-dealkylation sites (tertiary alicyclic amines) is 1. The summed E-state index contributed by atoms with van der Waals surface area (Å²) >= 11 is 0. The van der Waals surface area contributed by atoms with E-state index in [4.69, 9.17) is 10.5 Å². The molecule has 0 aliphatic carbocycles. The van der Waals surface area contributed by atoms with Gasteiger partial charge in [0.1, 0.15) is 12.4 Å². The Bertz CT molecular complexity index is 521. The van der Waals surface area contributed by atoms with Crippen molar-refractivity contribution in [3.8, 4) is 5.75 Å². The number of amides is 1. The number of carbonyl (C=O) groups is 1. The van der Waals surface area contributed by atoms with E-state index in [0.29, 0.717) is 19.4 Å². The van der Waals surface area contributed by atoms with Gasteiger partial charge in [0.25, 0.3) is 0 Å². The quantitative estimate of drug-likeness (QED) is 0.712. The van der Waals surface area contributed by atoms with E-state index in [-0.39, 0.29) is 36.8 Å². The van der Waals surface area contributed by atoms with Crippen LogP contribution >= 0.6 is 24.8 Å². The lowest BCUT2D eigenvalue weighted by Crippen LogP contribution is -2.25. The van der Waals surface area contributed by atoms with Crippen molar-refractivity contribution in [2.75, 3.05) is 31.6 Å². The van der Waals surface area contributed by atoms with Gasteiger partial charge in [-0.3, -0.25) is 9.69 Å². The Morgan fingerprint density at radius 3 is 2.60 bits per heavy atom. The van der Waals surface area contributed by atoms with Crippen molar-refractivity contribution in [2.45, 2.75) is 45.6 Å². The Labute approximate surface area is 163 Å². The van der Waals surface area contributed by atoms with Crippen molar-refractivity contribution in [3.05, 3.63) is 23.8 Å². The second-order valence-electron chi connectivity index (χ2n) is 6.44. The van der Waals surface area contributed by atoms with Gasteiger partial charge in [0.2, 0.25) is 5.91 Å². The molecule has 25 heavy (non-hydrogen) atoms. The minimum atomic E-state index is 0. The number of halogens is 2. The number of hydrogen-bond acceptors (Lipinski definition) is 4. The van der Waals surface area contributed by atoms with Crippen LogP contribution in [0.1, 0.15) is 38.2 Å². The molecule has 1 atom stereocenters. The second-order valence-corrected chi connectivity index (χ2v) is 6.44. The van der Waals surface area contributed by atoms with E-state index in [1.54, 1.807) is 0 Å². The largest absolute Gasteiger partial charge is 0.492 e. The SMILES string of the molecule is Cc1cc(NC(=O)CCC(C)N)ccc1OCCN1CCCC1.Cl.Cl. The summed E-state index contributed by atoms with van der Waals surface area (Å²) in [6, 6.07) is 5.83. The van der Waals surface area contributed by atoms with Crippen molar-refractivity contribution >= 4 is 36.4 Å². The van der Waals surface area contributed by atoms with E-state index in [0.717, 1.165) is 23.5 Å². The molecule has 3 N–H and O–H groups in total. The van der Waals surface area contributed by atoms with Crippen LogP contribution in [0.3, 0.4) is 0 Å². The third-order valence-corrected chi connectivity index (χ3v) is 4.15. The molecule has 2 rings (SSSR count). The number of rotatable bonds is 8. The average Bonchev–Trinajstić information content (AvgIpc) is 3.01. The molecular weight excluding hydrogens is 361 g/mol. The number of aryl methyl sites for hydroxylation is 1. The number of nitrogens with two attached hydrogens (primary N) is 1. The molecule has 1 amide bonds. The van der Waals surface area contributed by atoms with Crippen molar-refractivity contribution in [1.29, 1.82) is 0 Å². The fraction of sp³-hybridized carbons (Fsp3) is 0.611. The molecule has 144 valence electrons. The molecule has 5 nitrogen and oxygen atoms in total. The maximum absolute atomic E-state index is 11.8. The van der Waals surface area contributed by atoms with Crippen molar-refractivity contribution < 1.29 is 9.53 Å². The molecule has 0 bridgehead atoms. The number of benzene rings is 1. The summed E-state index contributed by atoms with van der Waals surface area (Å²) in [5, 5.41) is 2.91. The van der Waals surface area contributed by atoms with Gasteiger partial charge in [0.05, 0.1) is 0 Å². The first-order valence-electron chi connectivity index (χ1n) is 8.56. The van der Waals surface area contributed by atoms with Crippen molar-refractivity contribution in [1.82, 2.24) is 4.90 Å². The maximum Gasteiger partial charge on any atom is 0.224 e. The third-order valence-electron chi connectivity index (χ3n) is 4.15. The Hall–Kier alpha value is -1.01. The van der Waals surface area contributed by atoms with Crippen LogP contribution in [0.2, 0.25) is 0 Å². The number of ether oxygens (including phenoxy) is 1. The van der Waals surface area contributed by atoms with Gasteiger partial charge in [-0.1, -0.05) is 0 Å². The highest BCUT2D eigenvalue weighted by atomic mass is 35.5. The van der Waals surface area contributed by atoms with E-state index >= 15 is 0 Å². The molecule has 0 spiro atoms. The maximum atomic E-state index is 11.8. The number of nitrogens with one attached hydrogen (secondary N) is 1. The first-order chi connectivity index (χ1) is 11.0. The van der Waals surface area contributed by atoms with Crippen LogP contribution in [-0.4, -0.2) is 43.1 Å². The molecule has 1 aromatic carbocycles. The predicted octanol–water partition coefficient (Wildman–Crippen LogP) is 3.38. The summed E-state index contributed by atoms with van der Waals surface area (Å²) in [5.74, 6) is 0.891. The van der Waals surface area contributed by atoms with Gasteiger partial charge in [0.15, 0.2) is 0 Å². The molecule has 1 aromatic rings.